The second kappa shape index (κ2) is 9.59. The fourth-order valence-corrected chi connectivity index (χ4v) is 2.56. The molecule has 1 aromatic carbocycles. The molecule has 0 heterocycles. The van der Waals surface area contributed by atoms with Crippen LogP contribution in [0.1, 0.15) is 23.7 Å². The molecular weight excluding hydrogens is 335 g/mol. The number of benzene rings is 1. The summed E-state index contributed by atoms with van der Waals surface area (Å²) in [5.41, 5.74) is -0.166. The first-order valence-corrected chi connectivity index (χ1v) is 8.11. The zero-order chi connectivity index (χ0) is 18.3. The van der Waals surface area contributed by atoms with E-state index in [0.717, 1.165) is 6.54 Å². The number of carbonyl (C=O) groups is 2. The third-order valence-corrected chi connectivity index (χ3v) is 3.91. The van der Waals surface area contributed by atoms with E-state index in [1.807, 2.05) is 19.0 Å². The zero-order valence-electron chi connectivity index (χ0n) is 14.5. The topological polar surface area (TPSA) is 49.9 Å². The van der Waals surface area contributed by atoms with Crippen LogP contribution in [-0.4, -0.2) is 62.5 Å². The molecule has 0 aliphatic heterocycles. The van der Waals surface area contributed by atoms with Crippen molar-refractivity contribution in [3.05, 3.63) is 34.6 Å². The molecule has 1 aromatic rings. The average molecular weight is 359 g/mol. The van der Waals surface area contributed by atoms with Gasteiger partial charge in [0.1, 0.15) is 5.82 Å². The van der Waals surface area contributed by atoms with Gasteiger partial charge in [-0.2, -0.15) is 0 Å². The molecule has 1 atom stereocenters. The number of amides is 1. The second-order valence-electron chi connectivity index (χ2n) is 5.93. The summed E-state index contributed by atoms with van der Waals surface area (Å²) in [5.74, 6) is -2.12. The van der Waals surface area contributed by atoms with Gasteiger partial charge in [-0.1, -0.05) is 24.6 Å². The second-order valence-corrected chi connectivity index (χ2v) is 6.34. The number of rotatable bonds is 8. The molecule has 0 N–H and O–H groups in total. The summed E-state index contributed by atoms with van der Waals surface area (Å²) >= 11 is 5.99. The van der Waals surface area contributed by atoms with Crippen LogP contribution in [0, 0.1) is 11.7 Å². The van der Waals surface area contributed by atoms with Crippen molar-refractivity contribution < 1.29 is 18.7 Å². The number of hydrogen-bond donors (Lipinski definition) is 0. The molecule has 0 aromatic heterocycles. The van der Waals surface area contributed by atoms with Gasteiger partial charge < -0.3 is 14.5 Å². The summed E-state index contributed by atoms with van der Waals surface area (Å²) in [6, 6.07) is 4.11. The predicted octanol–water partition coefficient (Wildman–Crippen LogP) is 2.68. The number of ether oxygens (including phenoxy) is 1. The molecule has 0 aliphatic rings. The molecule has 0 saturated heterocycles. The van der Waals surface area contributed by atoms with Gasteiger partial charge in [0.05, 0.1) is 23.6 Å². The normalized spacial score (nSPS) is 12.1. The number of carbonyl (C=O) groups excluding carboxylic acids is 2. The van der Waals surface area contributed by atoms with Crippen molar-refractivity contribution in [2.45, 2.75) is 13.3 Å². The third kappa shape index (κ3) is 5.76. The Kier molecular flexibility index (Phi) is 8.15. The highest BCUT2D eigenvalue weighted by Crippen LogP contribution is 2.21. The number of nitrogens with zero attached hydrogens (tertiary/aromatic N) is 2. The molecule has 1 amide bonds. The standard InChI is InChI=1S/C17H24ClFN2O3/c1-12(17(23)24-4)11-21(10-6-9-20(2)3)16(22)15-13(18)7-5-8-14(15)19/h5,7-8,12H,6,9-11H2,1-4H3. The van der Waals surface area contributed by atoms with Gasteiger partial charge in [-0.25, -0.2) is 4.39 Å². The first-order chi connectivity index (χ1) is 11.3. The van der Waals surface area contributed by atoms with Crippen LogP contribution in [0.4, 0.5) is 4.39 Å². The van der Waals surface area contributed by atoms with Crippen LogP contribution in [0.5, 0.6) is 0 Å². The maximum atomic E-state index is 14.0. The van der Waals surface area contributed by atoms with E-state index >= 15 is 0 Å². The Hall–Kier alpha value is -1.66. The van der Waals surface area contributed by atoms with Crippen LogP contribution in [0.2, 0.25) is 5.02 Å². The highest BCUT2D eigenvalue weighted by atomic mass is 35.5. The van der Waals surface area contributed by atoms with Crippen molar-refractivity contribution >= 4 is 23.5 Å². The average Bonchev–Trinajstić information content (AvgIpc) is 2.52. The summed E-state index contributed by atoms with van der Waals surface area (Å²) in [6.07, 6.45) is 0.693. The lowest BCUT2D eigenvalue weighted by Gasteiger charge is -2.26. The molecule has 0 spiro atoms. The van der Waals surface area contributed by atoms with Gasteiger partial charge in [-0.05, 0) is 39.2 Å². The highest BCUT2D eigenvalue weighted by Gasteiger charge is 2.25. The SMILES string of the molecule is COC(=O)C(C)CN(CCCN(C)C)C(=O)c1c(F)cccc1Cl. The van der Waals surface area contributed by atoms with Gasteiger partial charge >= 0.3 is 5.97 Å². The molecule has 1 rings (SSSR count). The fourth-order valence-electron chi connectivity index (χ4n) is 2.32. The highest BCUT2D eigenvalue weighted by molar-refractivity contribution is 6.33. The molecule has 24 heavy (non-hydrogen) atoms. The van der Waals surface area contributed by atoms with E-state index in [2.05, 4.69) is 0 Å². The van der Waals surface area contributed by atoms with E-state index in [1.54, 1.807) is 6.92 Å². The van der Waals surface area contributed by atoms with Gasteiger partial charge in [0.25, 0.3) is 5.91 Å². The van der Waals surface area contributed by atoms with Gasteiger partial charge in [-0.15, -0.1) is 0 Å². The molecule has 0 fully saturated rings. The fraction of sp³-hybridized carbons (Fsp3) is 0.529. The molecule has 0 radical (unpaired) electrons. The summed E-state index contributed by atoms with van der Waals surface area (Å²) in [4.78, 5) is 27.8. The predicted molar refractivity (Wildman–Crippen MR) is 91.7 cm³/mol. The smallest absolute Gasteiger partial charge is 0.310 e. The molecule has 7 heteroatoms. The van der Waals surface area contributed by atoms with E-state index in [4.69, 9.17) is 16.3 Å². The van der Waals surface area contributed by atoms with E-state index in [-0.39, 0.29) is 17.1 Å². The third-order valence-electron chi connectivity index (χ3n) is 3.60. The molecule has 0 saturated carbocycles. The van der Waals surface area contributed by atoms with Crippen molar-refractivity contribution in [2.24, 2.45) is 5.92 Å². The Bertz CT molecular complexity index is 561. The van der Waals surface area contributed by atoms with Gasteiger partial charge in [0, 0.05) is 13.1 Å². The largest absolute Gasteiger partial charge is 0.469 e. The monoisotopic (exact) mass is 358 g/mol. The molecule has 0 aliphatic carbocycles. The Morgan fingerprint density at radius 1 is 1.29 bits per heavy atom. The van der Waals surface area contributed by atoms with E-state index in [0.29, 0.717) is 13.0 Å². The lowest BCUT2D eigenvalue weighted by molar-refractivity contribution is -0.145. The van der Waals surface area contributed by atoms with Crippen LogP contribution in [0.3, 0.4) is 0 Å². The zero-order valence-corrected chi connectivity index (χ0v) is 15.3. The van der Waals surface area contributed by atoms with E-state index in [9.17, 15) is 14.0 Å². The van der Waals surface area contributed by atoms with Gasteiger partial charge in [0.2, 0.25) is 0 Å². The summed E-state index contributed by atoms with van der Waals surface area (Å²) in [7, 11) is 5.15. The first kappa shape index (κ1) is 20.4. The Morgan fingerprint density at radius 3 is 2.50 bits per heavy atom. The summed E-state index contributed by atoms with van der Waals surface area (Å²) < 4.78 is 18.7. The minimum atomic E-state index is -0.671. The van der Waals surface area contributed by atoms with Gasteiger partial charge in [-0.3, -0.25) is 9.59 Å². The van der Waals surface area contributed by atoms with E-state index in [1.165, 1.54) is 30.2 Å². The van der Waals surface area contributed by atoms with Crippen LogP contribution in [0.25, 0.3) is 0 Å². The van der Waals surface area contributed by atoms with Crippen LogP contribution in [-0.2, 0) is 9.53 Å². The van der Waals surface area contributed by atoms with Crippen LogP contribution in [0.15, 0.2) is 18.2 Å². The quantitative estimate of drug-likeness (QED) is 0.670. The van der Waals surface area contributed by atoms with E-state index < -0.39 is 23.6 Å². The van der Waals surface area contributed by atoms with Gasteiger partial charge in [0.15, 0.2) is 0 Å². The minimum absolute atomic E-state index is 0.0586. The number of esters is 1. The Morgan fingerprint density at radius 2 is 1.96 bits per heavy atom. The van der Waals surface area contributed by atoms with Crippen molar-refractivity contribution in [3.8, 4) is 0 Å². The van der Waals surface area contributed by atoms with Crippen molar-refractivity contribution in [1.82, 2.24) is 9.80 Å². The molecule has 0 bridgehead atoms. The molecular formula is C17H24ClFN2O3. The molecule has 1 unspecified atom stereocenters. The number of methoxy groups -OCH3 is 1. The maximum absolute atomic E-state index is 14.0. The van der Waals surface area contributed by atoms with Crippen molar-refractivity contribution in [1.29, 1.82) is 0 Å². The lowest BCUT2D eigenvalue weighted by Crippen LogP contribution is -2.39. The van der Waals surface area contributed by atoms with Crippen molar-refractivity contribution in [3.63, 3.8) is 0 Å². The number of halogens is 2. The van der Waals surface area contributed by atoms with Crippen LogP contribution < -0.4 is 0 Å². The number of hydrogen-bond acceptors (Lipinski definition) is 4. The lowest BCUT2D eigenvalue weighted by atomic mass is 10.1. The molecule has 5 nitrogen and oxygen atoms in total. The van der Waals surface area contributed by atoms with Crippen LogP contribution >= 0.6 is 11.6 Å². The maximum Gasteiger partial charge on any atom is 0.310 e. The Labute approximate surface area is 147 Å². The first-order valence-electron chi connectivity index (χ1n) is 7.73. The summed E-state index contributed by atoms with van der Waals surface area (Å²) in [6.45, 7) is 2.97. The Balaban J connectivity index is 2.98. The summed E-state index contributed by atoms with van der Waals surface area (Å²) in [5, 5.41) is 0.0586. The minimum Gasteiger partial charge on any atom is -0.469 e. The van der Waals surface area contributed by atoms with Crippen molar-refractivity contribution in [2.75, 3.05) is 40.8 Å². The molecule has 134 valence electrons.